The van der Waals surface area contributed by atoms with Gasteiger partial charge in [-0.2, -0.15) is 0 Å². The minimum absolute atomic E-state index is 0.125. The van der Waals surface area contributed by atoms with Crippen LogP contribution in [-0.4, -0.2) is 17.8 Å². The van der Waals surface area contributed by atoms with Crippen molar-refractivity contribution >= 4 is 27.3 Å². The third kappa shape index (κ3) is 3.49. The monoisotopic (exact) mass is 357 g/mol. The molecule has 23 heavy (non-hydrogen) atoms. The third-order valence-electron chi connectivity index (χ3n) is 3.05. The summed E-state index contributed by atoms with van der Waals surface area (Å²) in [5, 5.41) is 0.511. The molecule has 0 radical (unpaired) electrons. The van der Waals surface area contributed by atoms with E-state index in [4.69, 9.17) is 11.6 Å². The van der Waals surface area contributed by atoms with E-state index in [-0.39, 0.29) is 6.54 Å². The first-order valence-electron chi connectivity index (χ1n) is 6.42. The van der Waals surface area contributed by atoms with Crippen LogP contribution >= 0.6 is 11.6 Å². The molecule has 5 nitrogen and oxygen atoms in total. The number of fused-ring (bicyclic) bond motifs is 1. The minimum Gasteiger partial charge on any atom is -0.305 e. The van der Waals surface area contributed by atoms with Gasteiger partial charge in [0.25, 0.3) is 0 Å². The molecule has 0 atom stereocenters. The van der Waals surface area contributed by atoms with E-state index < -0.39 is 26.6 Å². The maximum Gasteiger partial charge on any atom is 0.241 e. The van der Waals surface area contributed by atoms with Gasteiger partial charge in [0.05, 0.1) is 22.2 Å². The van der Waals surface area contributed by atoms with Crippen LogP contribution in [0.2, 0.25) is 5.02 Å². The second-order valence-electron chi connectivity index (χ2n) is 4.77. The van der Waals surface area contributed by atoms with E-state index in [9.17, 15) is 17.2 Å². The van der Waals surface area contributed by atoms with Crippen LogP contribution < -0.4 is 4.72 Å². The summed E-state index contributed by atoms with van der Waals surface area (Å²) in [6.07, 6.45) is 3.24. The van der Waals surface area contributed by atoms with E-state index >= 15 is 0 Å². The van der Waals surface area contributed by atoms with Crippen LogP contribution in [-0.2, 0) is 16.6 Å². The van der Waals surface area contributed by atoms with Crippen molar-refractivity contribution in [3.05, 3.63) is 65.1 Å². The topological polar surface area (TPSA) is 63.5 Å². The fourth-order valence-corrected chi connectivity index (χ4v) is 3.25. The Balaban J connectivity index is 1.82. The zero-order valence-electron chi connectivity index (χ0n) is 11.5. The highest BCUT2D eigenvalue weighted by Gasteiger charge is 2.17. The second-order valence-corrected chi connectivity index (χ2v) is 6.98. The highest BCUT2D eigenvalue weighted by Crippen LogP contribution is 2.15. The number of rotatable bonds is 4. The Bertz CT molecular complexity index is 969. The van der Waals surface area contributed by atoms with E-state index in [1.165, 1.54) is 0 Å². The summed E-state index contributed by atoms with van der Waals surface area (Å²) in [7, 11) is -4.05. The van der Waals surface area contributed by atoms with Gasteiger partial charge in [0.1, 0.15) is 17.3 Å². The lowest BCUT2D eigenvalue weighted by Crippen LogP contribution is -2.23. The van der Waals surface area contributed by atoms with Gasteiger partial charge in [0.2, 0.25) is 10.0 Å². The first-order valence-corrected chi connectivity index (χ1v) is 8.28. The molecule has 0 amide bonds. The van der Waals surface area contributed by atoms with Crippen molar-refractivity contribution in [2.45, 2.75) is 11.4 Å². The lowest BCUT2D eigenvalue weighted by molar-refractivity contribution is 0.561. The molecular weight excluding hydrogens is 348 g/mol. The highest BCUT2D eigenvalue weighted by molar-refractivity contribution is 7.89. The van der Waals surface area contributed by atoms with Crippen molar-refractivity contribution in [2.75, 3.05) is 0 Å². The summed E-state index contributed by atoms with van der Waals surface area (Å²) in [5.41, 5.74) is 1.04. The van der Waals surface area contributed by atoms with Crippen molar-refractivity contribution < 1.29 is 17.2 Å². The van der Waals surface area contributed by atoms with Crippen molar-refractivity contribution in [3.63, 3.8) is 0 Å². The van der Waals surface area contributed by atoms with E-state index in [0.717, 1.165) is 12.1 Å². The van der Waals surface area contributed by atoms with Gasteiger partial charge >= 0.3 is 0 Å². The molecular formula is C14H10ClF2N3O2S. The van der Waals surface area contributed by atoms with Gasteiger partial charge < -0.3 is 4.40 Å². The standard InChI is InChI=1S/C14H10ClF2N3O2S/c15-9-1-2-14-19-12(8-20(14)7-9)6-18-23(21,22)13-4-10(16)3-11(17)5-13/h1-5,7-8,18H,6H2. The van der Waals surface area contributed by atoms with Gasteiger partial charge in [-0.15, -0.1) is 0 Å². The minimum atomic E-state index is -4.05. The molecule has 9 heteroatoms. The molecule has 1 aromatic carbocycles. The average Bonchev–Trinajstić information content (AvgIpc) is 2.86. The molecule has 0 aliphatic rings. The SMILES string of the molecule is O=S(=O)(NCc1cn2cc(Cl)ccc2n1)c1cc(F)cc(F)c1. The number of imidazole rings is 1. The first kappa shape index (κ1) is 15.9. The number of halogens is 3. The molecule has 0 saturated heterocycles. The molecule has 2 heterocycles. The Kier molecular flexibility index (Phi) is 4.05. The molecule has 0 aliphatic carbocycles. The van der Waals surface area contributed by atoms with Crippen LogP contribution in [0.3, 0.4) is 0 Å². The van der Waals surface area contributed by atoms with E-state index in [2.05, 4.69) is 9.71 Å². The van der Waals surface area contributed by atoms with Crippen LogP contribution in [0.25, 0.3) is 5.65 Å². The summed E-state index contributed by atoms with van der Waals surface area (Å²) in [4.78, 5) is 3.73. The van der Waals surface area contributed by atoms with Gasteiger partial charge in [0, 0.05) is 18.5 Å². The molecule has 0 bridgehead atoms. The Morgan fingerprint density at radius 1 is 1.13 bits per heavy atom. The highest BCUT2D eigenvalue weighted by atomic mass is 35.5. The van der Waals surface area contributed by atoms with Crippen molar-refractivity contribution in [1.29, 1.82) is 0 Å². The van der Waals surface area contributed by atoms with Crippen LogP contribution in [0.4, 0.5) is 8.78 Å². The maximum atomic E-state index is 13.1. The number of hydrogen-bond acceptors (Lipinski definition) is 3. The quantitative estimate of drug-likeness (QED) is 0.781. The number of sulfonamides is 1. The van der Waals surface area contributed by atoms with Crippen LogP contribution in [0.5, 0.6) is 0 Å². The predicted molar refractivity (Wildman–Crippen MR) is 80.6 cm³/mol. The van der Waals surface area contributed by atoms with E-state index in [1.54, 1.807) is 28.9 Å². The van der Waals surface area contributed by atoms with E-state index in [1.807, 2.05) is 0 Å². The molecule has 3 rings (SSSR count). The largest absolute Gasteiger partial charge is 0.305 e. The fourth-order valence-electron chi connectivity index (χ4n) is 2.04. The number of aromatic nitrogens is 2. The molecule has 0 aliphatic heterocycles. The first-order chi connectivity index (χ1) is 10.8. The Labute approximate surface area is 135 Å². The van der Waals surface area contributed by atoms with Crippen LogP contribution in [0.1, 0.15) is 5.69 Å². The number of nitrogens with one attached hydrogen (secondary N) is 1. The van der Waals surface area contributed by atoms with Gasteiger partial charge in [-0.3, -0.25) is 0 Å². The average molecular weight is 358 g/mol. The molecule has 2 aromatic heterocycles. The lowest BCUT2D eigenvalue weighted by Gasteiger charge is -2.05. The number of pyridine rings is 1. The number of nitrogens with zero attached hydrogens (tertiary/aromatic N) is 2. The smallest absolute Gasteiger partial charge is 0.241 e. The molecule has 0 fully saturated rings. The van der Waals surface area contributed by atoms with Crippen LogP contribution in [0.15, 0.2) is 47.6 Å². The summed E-state index contributed by atoms with van der Waals surface area (Å²) in [6, 6.07) is 5.43. The third-order valence-corrected chi connectivity index (χ3v) is 4.66. The molecule has 1 N–H and O–H groups in total. The van der Waals surface area contributed by atoms with Gasteiger partial charge in [-0.05, 0) is 24.3 Å². The van der Waals surface area contributed by atoms with Crippen molar-refractivity contribution in [1.82, 2.24) is 14.1 Å². The summed E-state index contributed by atoms with van der Waals surface area (Å²) >= 11 is 5.86. The van der Waals surface area contributed by atoms with E-state index in [0.29, 0.717) is 22.4 Å². The maximum absolute atomic E-state index is 13.1. The Morgan fingerprint density at radius 2 is 1.83 bits per heavy atom. The number of hydrogen-bond donors (Lipinski definition) is 1. The molecule has 3 aromatic rings. The summed E-state index contributed by atoms with van der Waals surface area (Å²) in [5.74, 6) is -1.93. The molecule has 0 spiro atoms. The normalized spacial score (nSPS) is 12.0. The Morgan fingerprint density at radius 3 is 2.52 bits per heavy atom. The molecule has 0 saturated carbocycles. The lowest BCUT2D eigenvalue weighted by atomic mass is 10.3. The van der Waals surface area contributed by atoms with Gasteiger partial charge in [-0.25, -0.2) is 26.9 Å². The van der Waals surface area contributed by atoms with Crippen molar-refractivity contribution in [3.8, 4) is 0 Å². The second kappa shape index (κ2) is 5.88. The van der Waals surface area contributed by atoms with Crippen LogP contribution in [0, 0.1) is 11.6 Å². The summed E-state index contributed by atoms with van der Waals surface area (Å²) in [6.45, 7) is -0.125. The van der Waals surface area contributed by atoms with Gasteiger partial charge in [0.15, 0.2) is 0 Å². The molecule has 120 valence electrons. The fraction of sp³-hybridized carbons (Fsp3) is 0.0714. The number of benzene rings is 1. The summed E-state index contributed by atoms with van der Waals surface area (Å²) < 4.78 is 54.3. The van der Waals surface area contributed by atoms with Crippen molar-refractivity contribution in [2.24, 2.45) is 0 Å². The predicted octanol–water partition coefficient (Wildman–Crippen LogP) is 2.74. The zero-order chi connectivity index (χ0) is 16.6. The molecule has 0 unspecified atom stereocenters. The zero-order valence-corrected chi connectivity index (χ0v) is 13.1. The van der Waals surface area contributed by atoms with Gasteiger partial charge in [-0.1, -0.05) is 11.6 Å². The Hall–Kier alpha value is -2.03.